The summed E-state index contributed by atoms with van der Waals surface area (Å²) < 4.78 is 40.7. The maximum atomic E-state index is 14.0. The lowest BCUT2D eigenvalue weighted by Crippen LogP contribution is -2.49. The fraction of sp³-hybridized carbons (Fsp3) is 0.143. The first kappa shape index (κ1) is 11.5. The van der Waals surface area contributed by atoms with Crippen LogP contribution in [0.2, 0.25) is 13.1 Å². The molecule has 0 amide bonds. The molecule has 1 heterocycles. The van der Waals surface area contributed by atoms with Crippen molar-refractivity contribution in [2.75, 3.05) is 0 Å². The highest BCUT2D eigenvalue weighted by Gasteiger charge is 2.39. The molecule has 1 aliphatic rings. The Morgan fingerprint density at radius 2 is 1.56 bits per heavy atom. The van der Waals surface area contributed by atoms with Crippen LogP contribution in [0.25, 0.3) is 11.1 Å². The van der Waals surface area contributed by atoms with Gasteiger partial charge in [0.2, 0.25) is 0 Å². The van der Waals surface area contributed by atoms with Crippen molar-refractivity contribution in [3.05, 3.63) is 47.8 Å². The number of hydrogen-bond donors (Lipinski definition) is 0. The van der Waals surface area contributed by atoms with Crippen LogP contribution in [0.3, 0.4) is 0 Å². The minimum Gasteiger partial charge on any atom is -0.207 e. The summed E-state index contributed by atoms with van der Waals surface area (Å²) in [5.41, 5.74) is 0.960. The highest BCUT2D eigenvalue weighted by molar-refractivity contribution is 7.03. The van der Waals surface area contributed by atoms with E-state index in [1.807, 2.05) is 13.1 Å². The maximum Gasteiger partial charge on any atom is 0.133 e. The summed E-state index contributed by atoms with van der Waals surface area (Å²) >= 11 is 0. The van der Waals surface area contributed by atoms with E-state index in [-0.39, 0.29) is 0 Å². The molecule has 0 aromatic heterocycles. The molecule has 0 bridgehead atoms. The van der Waals surface area contributed by atoms with Gasteiger partial charge in [-0.1, -0.05) is 19.2 Å². The van der Waals surface area contributed by atoms with Crippen molar-refractivity contribution in [2.24, 2.45) is 0 Å². The maximum absolute atomic E-state index is 14.0. The molecule has 0 nitrogen and oxygen atoms in total. The highest BCUT2D eigenvalue weighted by atomic mass is 28.3. The van der Waals surface area contributed by atoms with E-state index in [0.29, 0.717) is 16.3 Å². The number of hydrogen-bond acceptors (Lipinski definition) is 0. The van der Waals surface area contributed by atoms with Crippen molar-refractivity contribution in [1.82, 2.24) is 0 Å². The second-order valence-corrected chi connectivity index (χ2v) is 9.45. The fourth-order valence-electron chi connectivity index (χ4n) is 2.75. The molecule has 92 valence electrons. The summed E-state index contributed by atoms with van der Waals surface area (Å²) in [6.07, 6.45) is 0. The van der Waals surface area contributed by atoms with E-state index in [1.165, 1.54) is 18.2 Å². The van der Waals surface area contributed by atoms with Gasteiger partial charge in [0.05, 0.1) is 0 Å². The third-order valence-corrected chi connectivity index (χ3v) is 7.18. The lowest BCUT2D eigenvalue weighted by molar-refractivity contribution is 0.587. The average molecular weight is 264 g/mol. The van der Waals surface area contributed by atoms with Crippen LogP contribution in [0, 0.1) is 17.5 Å². The van der Waals surface area contributed by atoms with Crippen molar-refractivity contribution in [2.45, 2.75) is 13.1 Å². The molecule has 2 aromatic rings. The Labute approximate surface area is 104 Å². The molecule has 2 aromatic carbocycles. The Kier molecular flexibility index (Phi) is 2.23. The van der Waals surface area contributed by atoms with Gasteiger partial charge in [-0.25, -0.2) is 13.2 Å². The predicted octanol–water partition coefficient (Wildman–Crippen LogP) is 2.91. The third-order valence-electron chi connectivity index (χ3n) is 3.65. The van der Waals surface area contributed by atoms with Crippen LogP contribution in [0.15, 0.2) is 30.3 Å². The Hall–Kier alpha value is -1.55. The number of fused-ring (bicyclic) bond motifs is 3. The molecule has 0 fully saturated rings. The SMILES string of the molecule is C[Si]1(C)c2ccc(F)cc2-c2c(F)cc(F)cc21. The Bertz CT molecular complexity index is 662. The summed E-state index contributed by atoms with van der Waals surface area (Å²) in [5.74, 6) is -1.56. The zero-order valence-electron chi connectivity index (χ0n) is 10.0. The topological polar surface area (TPSA) is 0 Å². The number of rotatable bonds is 0. The largest absolute Gasteiger partial charge is 0.207 e. The van der Waals surface area contributed by atoms with E-state index >= 15 is 0 Å². The predicted molar refractivity (Wildman–Crippen MR) is 68.5 cm³/mol. The summed E-state index contributed by atoms with van der Waals surface area (Å²) in [6, 6.07) is 6.69. The van der Waals surface area contributed by atoms with Crippen molar-refractivity contribution < 1.29 is 13.2 Å². The number of benzene rings is 2. The first-order valence-electron chi connectivity index (χ1n) is 5.71. The molecule has 18 heavy (non-hydrogen) atoms. The molecule has 0 saturated carbocycles. The van der Waals surface area contributed by atoms with Crippen LogP contribution in [0.4, 0.5) is 13.2 Å². The molecule has 3 rings (SSSR count). The van der Waals surface area contributed by atoms with E-state index in [2.05, 4.69) is 0 Å². The monoisotopic (exact) mass is 264 g/mol. The van der Waals surface area contributed by atoms with Gasteiger partial charge in [0.1, 0.15) is 25.5 Å². The first-order chi connectivity index (χ1) is 8.41. The quantitative estimate of drug-likeness (QED) is 0.642. The van der Waals surface area contributed by atoms with Crippen LogP contribution in [-0.4, -0.2) is 8.07 Å². The summed E-state index contributed by atoms with van der Waals surface area (Å²) in [4.78, 5) is 0. The third kappa shape index (κ3) is 1.38. The van der Waals surface area contributed by atoms with Gasteiger partial charge in [0.15, 0.2) is 0 Å². The second kappa shape index (κ2) is 3.48. The molecule has 0 N–H and O–H groups in total. The van der Waals surface area contributed by atoms with Gasteiger partial charge >= 0.3 is 0 Å². The minimum atomic E-state index is -2.11. The van der Waals surface area contributed by atoms with Crippen LogP contribution in [0.5, 0.6) is 0 Å². The van der Waals surface area contributed by atoms with Crippen LogP contribution in [-0.2, 0) is 0 Å². The van der Waals surface area contributed by atoms with E-state index < -0.39 is 25.5 Å². The standard InChI is InChI=1S/C14H11F3Si/c1-18(2)12-4-3-8(15)5-10(12)14-11(17)6-9(16)7-13(14)18/h3-7H,1-2H3. The van der Waals surface area contributed by atoms with Crippen molar-refractivity contribution >= 4 is 18.4 Å². The van der Waals surface area contributed by atoms with Crippen molar-refractivity contribution in [3.8, 4) is 11.1 Å². The van der Waals surface area contributed by atoms with E-state index in [4.69, 9.17) is 0 Å². The molecule has 0 aliphatic carbocycles. The highest BCUT2D eigenvalue weighted by Crippen LogP contribution is 2.31. The smallest absolute Gasteiger partial charge is 0.133 e. The van der Waals surface area contributed by atoms with Crippen molar-refractivity contribution in [1.29, 1.82) is 0 Å². The summed E-state index contributed by atoms with van der Waals surface area (Å²) in [7, 11) is -2.11. The van der Waals surface area contributed by atoms with Gasteiger partial charge in [0.25, 0.3) is 0 Å². The lowest BCUT2D eigenvalue weighted by Gasteiger charge is -2.18. The van der Waals surface area contributed by atoms with E-state index in [0.717, 1.165) is 11.3 Å². The van der Waals surface area contributed by atoms with Gasteiger partial charge in [0, 0.05) is 11.6 Å². The zero-order chi connectivity index (χ0) is 13.1. The Morgan fingerprint density at radius 1 is 0.833 bits per heavy atom. The fourth-order valence-corrected chi connectivity index (χ4v) is 5.79. The van der Waals surface area contributed by atoms with Gasteiger partial charge < -0.3 is 0 Å². The van der Waals surface area contributed by atoms with Crippen LogP contribution >= 0.6 is 0 Å². The van der Waals surface area contributed by atoms with Gasteiger partial charge in [-0.05, 0) is 34.1 Å². The van der Waals surface area contributed by atoms with E-state index in [1.54, 1.807) is 6.07 Å². The first-order valence-corrected chi connectivity index (χ1v) is 8.71. The van der Waals surface area contributed by atoms with Gasteiger partial charge in [-0.15, -0.1) is 0 Å². The molecule has 0 spiro atoms. The normalized spacial score (nSPS) is 15.4. The summed E-state index contributed by atoms with van der Waals surface area (Å²) in [6.45, 7) is 4.04. The van der Waals surface area contributed by atoms with Crippen molar-refractivity contribution in [3.63, 3.8) is 0 Å². The number of halogens is 3. The molecule has 0 unspecified atom stereocenters. The lowest BCUT2D eigenvalue weighted by atomic mass is 10.1. The molecule has 0 saturated heterocycles. The van der Waals surface area contributed by atoms with Gasteiger partial charge in [-0.3, -0.25) is 0 Å². The second-order valence-electron chi connectivity index (χ2n) is 5.13. The zero-order valence-corrected chi connectivity index (χ0v) is 11.0. The average Bonchev–Trinajstić information content (AvgIpc) is 2.47. The molecule has 0 atom stereocenters. The van der Waals surface area contributed by atoms with Crippen LogP contribution in [0.1, 0.15) is 0 Å². The van der Waals surface area contributed by atoms with Crippen LogP contribution < -0.4 is 10.4 Å². The van der Waals surface area contributed by atoms with E-state index in [9.17, 15) is 13.2 Å². The minimum absolute atomic E-state index is 0.377. The molecular formula is C14H11F3Si. The molecule has 4 heteroatoms. The molecule has 0 radical (unpaired) electrons. The summed E-state index contributed by atoms with van der Waals surface area (Å²) in [5, 5.41) is 1.67. The van der Waals surface area contributed by atoms with Gasteiger partial charge in [-0.2, -0.15) is 0 Å². The molecule has 1 aliphatic heterocycles. The molecular weight excluding hydrogens is 253 g/mol. The Balaban J connectivity index is 2.44. The Morgan fingerprint density at radius 3 is 2.28 bits per heavy atom.